The van der Waals surface area contributed by atoms with Gasteiger partial charge in [-0.3, -0.25) is 0 Å². The second-order valence-corrected chi connectivity index (χ2v) is 3.10. The summed E-state index contributed by atoms with van der Waals surface area (Å²) in [5, 5.41) is 0. The van der Waals surface area contributed by atoms with Gasteiger partial charge < -0.3 is 10.6 Å². The van der Waals surface area contributed by atoms with Gasteiger partial charge in [0.05, 0.1) is 0 Å². The van der Waals surface area contributed by atoms with Crippen LogP contribution in [-0.4, -0.2) is 31.6 Å². The van der Waals surface area contributed by atoms with Crippen molar-refractivity contribution in [2.24, 2.45) is 11.7 Å². The van der Waals surface area contributed by atoms with E-state index in [-0.39, 0.29) is 0 Å². The first-order chi connectivity index (χ1) is 4.04. The van der Waals surface area contributed by atoms with Gasteiger partial charge in [-0.1, -0.05) is 6.92 Å². The monoisotopic (exact) mass is 130 g/mol. The number of rotatable bonds is 3. The van der Waals surface area contributed by atoms with Gasteiger partial charge in [0.15, 0.2) is 0 Å². The molecule has 0 radical (unpaired) electrons. The van der Waals surface area contributed by atoms with E-state index in [9.17, 15) is 0 Å². The van der Waals surface area contributed by atoms with Gasteiger partial charge in [-0.15, -0.1) is 0 Å². The Balaban J connectivity index is 3.38. The Labute approximate surface area is 58.0 Å². The molecule has 0 aliphatic rings. The molecule has 0 aliphatic carbocycles. The van der Waals surface area contributed by atoms with Crippen molar-refractivity contribution in [1.82, 2.24) is 4.90 Å². The van der Waals surface area contributed by atoms with E-state index in [1.54, 1.807) is 0 Å². The molecule has 56 valence electrons. The average Bonchev–Trinajstić information content (AvgIpc) is 1.63. The summed E-state index contributed by atoms with van der Waals surface area (Å²) in [5.74, 6) is 0.597. The van der Waals surface area contributed by atoms with Gasteiger partial charge in [0.25, 0.3) is 0 Å². The van der Waals surface area contributed by atoms with Crippen LogP contribution in [0.4, 0.5) is 0 Å². The van der Waals surface area contributed by atoms with Crippen molar-refractivity contribution in [1.29, 1.82) is 0 Å². The first-order valence-corrected chi connectivity index (χ1v) is 3.44. The quantitative estimate of drug-likeness (QED) is 0.604. The normalized spacial score (nSPS) is 18.0. The lowest BCUT2D eigenvalue weighted by Crippen LogP contribution is -2.32. The van der Waals surface area contributed by atoms with E-state index in [4.69, 9.17) is 5.73 Å². The molecule has 0 saturated heterocycles. The molecule has 2 nitrogen and oxygen atoms in total. The Hall–Kier alpha value is -0.0800. The van der Waals surface area contributed by atoms with Gasteiger partial charge >= 0.3 is 0 Å². The Bertz CT molecular complexity index is 69.3. The summed E-state index contributed by atoms with van der Waals surface area (Å²) in [6.07, 6.45) is 0. The zero-order valence-electron chi connectivity index (χ0n) is 6.89. The number of hydrogen-bond donors (Lipinski definition) is 1. The maximum Gasteiger partial charge on any atom is 0.00483 e. The third kappa shape index (κ3) is 4.43. The molecule has 0 saturated carbocycles. The molecule has 0 unspecified atom stereocenters. The van der Waals surface area contributed by atoms with Crippen LogP contribution in [0.25, 0.3) is 0 Å². The lowest BCUT2D eigenvalue weighted by molar-refractivity contribution is 0.313. The summed E-state index contributed by atoms with van der Waals surface area (Å²) in [5.41, 5.74) is 5.66. The summed E-state index contributed by atoms with van der Waals surface area (Å²) in [6.45, 7) is 5.30. The van der Waals surface area contributed by atoms with Gasteiger partial charge in [-0.2, -0.15) is 0 Å². The summed E-state index contributed by atoms with van der Waals surface area (Å²) >= 11 is 0. The minimum atomic E-state index is 0.312. The van der Waals surface area contributed by atoms with Crippen molar-refractivity contribution in [2.45, 2.75) is 19.9 Å². The van der Waals surface area contributed by atoms with Crippen LogP contribution in [0, 0.1) is 5.92 Å². The van der Waals surface area contributed by atoms with Crippen molar-refractivity contribution >= 4 is 0 Å². The van der Waals surface area contributed by atoms with Crippen LogP contribution >= 0.6 is 0 Å². The van der Waals surface area contributed by atoms with E-state index in [1.807, 2.05) is 6.92 Å². The van der Waals surface area contributed by atoms with Gasteiger partial charge in [-0.25, -0.2) is 0 Å². The molecule has 2 heteroatoms. The van der Waals surface area contributed by atoms with E-state index in [0.717, 1.165) is 6.54 Å². The zero-order valence-corrected chi connectivity index (χ0v) is 6.89. The first kappa shape index (κ1) is 8.92. The highest BCUT2D eigenvalue weighted by Gasteiger charge is 2.06. The number of nitrogens with two attached hydrogens (primary N) is 1. The van der Waals surface area contributed by atoms with Gasteiger partial charge in [0, 0.05) is 12.6 Å². The molecule has 0 aromatic rings. The molecule has 0 aliphatic heterocycles. The van der Waals surface area contributed by atoms with Crippen LogP contribution in [-0.2, 0) is 0 Å². The lowest BCUT2D eigenvalue weighted by Gasteiger charge is -2.19. The van der Waals surface area contributed by atoms with Crippen LogP contribution in [0.2, 0.25) is 0 Å². The fourth-order valence-electron chi connectivity index (χ4n) is 0.742. The van der Waals surface area contributed by atoms with Crippen molar-refractivity contribution in [2.75, 3.05) is 20.6 Å². The standard InChI is InChI=1S/C7H18N2/c1-6(7(2)8)5-9(3)4/h6-7H,5,8H2,1-4H3/t6-,7-/m1/s1. The smallest absolute Gasteiger partial charge is 0.00483 e. The maximum absolute atomic E-state index is 5.66. The van der Waals surface area contributed by atoms with Crippen LogP contribution in [0.1, 0.15) is 13.8 Å². The average molecular weight is 130 g/mol. The molecule has 0 spiro atoms. The van der Waals surface area contributed by atoms with Crippen molar-refractivity contribution in [3.8, 4) is 0 Å². The molecule has 9 heavy (non-hydrogen) atoms. The van der Waals surface area contributed by atoms with Crippen LogP contribution in [0.5, 0.6) is 0 Å². The third-order valence-electron chi connectivity index (χ3n) is 1.55. The molecule has 0 fully saturated rings. The first-order valence-electron chi connectivity index (χ1n) is 3.44. The highest BCUT2D eigenvalue weighted by Crippen LogP contribution is 1.99. The third-order valence-corrected chi connectivity index (χ3v) is 1.55. The van der Waals surface area contributed by atoms with E-state index in [0.29, 0.717) is 12.0 Å². The van der Waals surface area contributed by atoms with Crippen LogP contribution in [0.15, 0.2) is 0 Å². The van der Waals surface area contributed by atoms with Gasteiger partial charge in [-0.05, 0) is 26.9 Å². The summed E-state index contributed by atoms with van der Waals surface area (Å²) in [4.78, 5) is 2.16. The minimum absolute atomic E-state index is 0.312. The van der Waals surface area contributed by atoms with E-state index in [1.165, 1.54) is 0 Å². The predicted octanol–water partition coefficient (Wildman–Crippen LogP) is 0.531. The lowest BCUT2D eigenvalue weighted by atomic mass is 10.1. The van der Waals surface area contributed by atoms with Crippen molar-refractivity contribution in [3.63, 3.8) is 0 Å². The van der Waals surface area contributed by atoms with E-state index < -0.39 is 0 Å². The highest BCUT2D eigenvalue weighted by molar-refractivity contribution is 4.64. The Kier molecular flexibility index (Phi) is 3.82. The van der Waals surface area contributed by atoms with Gasteiger partial charge in [0.2, 0.25) is 0 Å². The van der Waals surface area contributed by atoms with E-state index in [2.05, 4.69) is 25.9 Å². The number of hydrogen-bond acceptors (Lipinski definition) is 2. The second kappa shape index (κ2) is 3.85. The molecule has 0 heterocycles. The molecule has 0 aromatic carbocycles. The number of nitrogens with zero attached hydrogens (tertiary/aromatic N) is 1. The molecule has 2 atom stereocenters. The predicted molar refractivity (Wildman–Crippen MR) is 41.4 cm³/mol. The zero-order chi connectivity index (χ0) is 7.44. The SMILES string of the molecule is C[C@H](CN(C)C)[C@@H](C)N. The van der Waals surface area contributed by atoms with Crippen molar-refractivity contribution < 1.29 is 0 Å². The summed E-state index contributed by atoms with van der Waals surface area (Å²) < 4.78 is 0. The second-order valence-electron chi connectivity index (χ2n) is 3.10. The van der Waals surface area contributed by atoms with Crippen LogP contribution < -0.4 is 5.73 Å². The Morgan fingerprint density at radius 1 is 1.33 bits per heavy atom. The molecular weight excluding hydrogens is 112 g/mol. The Morgan fingerprint density at radius 2 is 1.78 bits per heavy atom. The molecule has 0 amide bonds. The summed E-state index contributed by atoms with van der Waals surface area (Å²) in [6, 6.07) is 0.312. The van der Waals surface area contributed by atoms with Crippen molar-refractivity contribution in [3.05, 3.63) is 0 Å². The molecule has 2 N–H and O–H groups in total. The summed E-state index contributed by atoms with van der Waals surface area (Å²) in [7, 11) is 4.14. The molecule has 0 bridgehead atoms. The van der Waals surface area contributed by atoms with Crippen LogP contribution in [0.3, 0.4) is 0 Å². The highest BCUT2D eigenvalue weighted by atomic mass is 15.1. The molecule has 0 aromatic heterocycles. The maximum atomic E-state index is 5.66. The minimum Gasteiger partial charge on any atom is -0.328 e. The topological polar surface area (TPSA) is 29.3 Å². The Morgan fingerprint density at radius 3 is 1.89 bits per heavy atom. The fourth-order valence-corrected chi connectivity index (χ4v) is 0.742. The fraction of sp³-hybridized carbons (Fsp3) is 1.00. The van der Waals surface area contributed by atoms with E-state index >= 15 is 0 Å². The molecular formula is C7H18N2. The van der Waals surface area contributed by atoms with Gasteiger partial charge in [0.1, 0.15) is 0 Å². The molecule has 0 rings (SSSR count). The largest absolute Gasteiger partial charge is 0.328 e.